The zero-order valence-electron chi connectivity index (χ0n) is 7.86. The maximum absolute atomic E-state index is 5.90. The lowest BCUT2D eigenvalue weighted by Crippen LogP contribution is -1.96. The second kappa shape index (κ2) is 6.06. The van der Waals surface area contributed by atoms with Crippen LogP contribution in [0.5, 0.6) is 0 Å². The van der Waals surface area contributed by atoms with Gasteiger partial charge < -0.3 is 10.5 Å². The van der Waals surface area contributed by atoms with Crippen molar-refractivity contribution in [1.82, 2.24) is 9.97 Å². The van der Waals surface area contributed by atoms with E-state index in [0.717, 1.165) is 23.8 Å². The summed E-state index contributed by atoms with van der Waals surface area (Å²) in [6.07, 6.45) is 2.38. The van der Waals surface area contributed by atoms with E-state index in [1.54, 1.807) is 18.9 Å². The molecule has 78 valence electrons. The predicted molar refractivity (Wildman–Crippen MR) is 58.7 cm³/mol. The third kappa shape index (κ3) is 3.32. The molecule has 0 atom stereocenters. The molecule has 0 amide bonds. The number of nitrogen functional groups attached to an aromatic ring is 1. The lowest BCUT2D eigenvalue weighted by atomic mass is 10.5. The van der Waals surface area contributed by atoms with E-state index in [0.29, 0.717) is 10.8 Å². The molecule has 0 aromatic carbocycles. The average molecular weight is 234 g/mol. The molecule has 4 nitrogen and oxygen atoms in total. The highest BCUT2D eigenvalue weighted by molar-refractivity contribution is 7.99. The molecule has 1 rings (SSSR count). The van der Waals surface area contributed by atoms with E-state index < -0.39 is 0 Å². The first-order valence-corrected chi connectivity index (χ1v) is 5.49. The van der Waals surface area contributed by atoms with Gasteiger partial charge in [-0.1, -0.05) is 11.6 Å². The van der Waals surface area contributed by atoms with Crippen molar-refractivity contribution in [2.75, 3.05) is 25.2 Å². The summed E-state index contributed by atoms with van der Waals surface area (Å²) in [4.78, 5) is 7.82. The molecule has 0 saturated heterocycles. The number of anilines is 1. The number of ether oxygens (including phenoxy) is 1. The van der Waals surface area contributed by atoms with Crippen LogP contribution < -0.4 is 5.73 Å². The van der Waals surface area contributed by atoms with Crippen molar-refractivity contribution in [3.63, 3.8) is 0 Å². The summed E-state index contributed by atoms with van der Waals surface area (Å²) in [5.41, 5.74) is 5.53. The first-order chi connectivity index (χ1) is 6.75. The lowest BCUT2D eigenvalue weighted by Gasteiger charge is -2.03. The van der Waals surface area contributed by atoms with Gasteiger partial charge in [-0.25, -0.2) is 9.97 Å². The van der Waals surface area contributed by atoms with E-state index in [4.69, 9.17) is 22.1 Å². The Morgan fingerprint density at radius 1 is 1.57 bits per heavy atom. The number of aromatic nitrogens is 2. The number of nitrogens with two attached hydrogens (primary N) is 1. The Bertz CT molecular complexity index is 298. The molecule has 1 heterocycles. The molecule has 0 bridgehead atoms. The van der Waals surface area contributed by atoms with Gasteiger partial charge in [0.25, 0.3) is 0 Å². The van der Waals surface area contributed by atoms with Gasteiger partial charge in [0.1, 0.15) is 22.2 Å². The fourth-order valence-electron chi connectivity index (χ4n) is 0.839. The van der Waals surface area contributed by atoms with E-state index in [1.165, 1.54) is 6.33 Å². The molecule has 14 heavy (non-hydrogen) atoms. The van der Waals surface area contributed by atoms with E-state index in [-0.39, 0.29) is 0 Å². The van der Waals surface area contributed by atoms with Crippen LogP contribution in [0.15, 0.2) is 11.4 Å². The Kier molecular flexibility index (Phi) is 5.00. The van der Waals surface area contributed by atoms with Crippen LogP contribution in [0.4, 0.5) is 5.82 Å². The van der Waals surface area contributed by atoms with Crippen molar-refractivity contribution in [2.24, 2.45) is 0 Å². The summed E-state index contributed by atoms with van der Waals surface area (Å²) in [5, 5.41) is 1.17. The highest BCUT2D eigenvalue weighted by Gasteiger charge is 2.06. The van der Waals surface area contributed by atoms with Crippen LogP contribution >= 0.6 is 23.4 Å². The molecular formula is C8H12ClN3OS. The van der Waals surface area contributed by atoms with Gasteiger partial charge in [0.15, 0.2) is 0 Å². The molecule has 0 aliphatic heterocycles. The average Bonchev–Trinajstić information content (AvgIpc) is 2.19. The second-order valence-electron chi connectivity index (χ2n) is 2.57. The summed E-state index contributed by atoms with van der Waals surface area (Å²) >= 11 is 7.46. The first kappa shape index (κ1) is 11.6. The highest BCUT2D eigenvalue weighted by atomic mass is 35.5. The fraction of sp³-hybridized carbons (Fsp3) is 0.500. The molecule has 6 heteroatoms. The topological polar surface area (TPSA) is 61.0 Å². The zero-order valence-corrected chi connectivity index (χ0v) is 9.44. The lowest BCUT2D eigenvalue weighted by molar-refractivity contribution is 0.200. The fourth-order valence-corrected chi connectivity index (χ4v) is 1.91. The minimum absolute atomic E-state index is 0.330. The van der Waals surface area contributed by atoms with Crippen LogP contribution in [0.25, 0.3) is 0 Å². The van der Waals surface area contributed by atoms with Crippen LogP contribution in [-0.4, -0.2) is 29.4 Å². The van der Waals surface area contributed by atoms with Gasteiger partial charge in [-0.2, -0.15) is 0 Å². The van der Waals surface area contributed by atoms with Crippen molar-refractivity contribution in [3.8, 4) is 0 Å². The number of rotatable bonds is 5. The van der Waals surface area contributed by atoms with Crippen LogP contribution in [-0.2, 0) is 4.74 Å². The number of thioether (sulfide) groups is 1. The third-order valence-electron chi connectivity index (χ3n) is 1.52. The smallest absolute Gasteiger partial charge is 0.146 e. The SMILES string of the molecule is COCCCSc1ncnc(N)c1Cl. The number of hydrogen-bond acceptors (Lipinski definition) is 5. The molecular weight excluding hydrogens is 222 g/mol. The third-order valence-corrected chi connectivity index (χ3v) is 3.08. The van der Waals surface area contributed by atoms with Crippen LogP contribution in [0.3, 0.4) is 0 Å². The number of nitrogens with zero attached hydrogens (tertiary/aromatic N) is 2. The Balaban J connectivity index is 2.46. The molecule has 1 aromatic heterocycles. The Morgan fingerprint density at radius 2 is 2.36 bits per heavy atom. The standard InChI is InChI=1S/C8H12ClN3OS/c1-13-3-2-4-14-8-6(9)7(10)11-5-12-8/h5H,2-4H2,1H3,(H2,10,11,12). The van der Waals surface area contributed by atoms with Crippen molar-refractivity contribution >= 4 is 29.2 Å². The summed E-state index contributed by atoms with van der Waals surface area (Å²) in [5.74, 6) is 1.24. The Hall–Kier alpha value is -0.520. The van der Waals surface area contributed by atoms with Gasteiger partial charge in [0, 0.05) is 19.5 Å². The van der Waals surface area contributed by atoms with E-state index >= 15 is 0 Å². The maximum atomic E-state index is 5.90. The molecule has 0 aliphatic carbocycles. The molecule has 0 saturated carbocycles. The monoisotopic (exact) mass is 233 g/mol. The van der Waals surface area contributed by atoms with Gasteiger partial charge in [-0.3, -0.25) is 0 Å². The summed E-state index contributed by atoms with van der Waals surface area (Å²) in [6, 6.07) is 0. The van der Waals surface area contributed by atoms with Gasteiger partial charge in [-0.05, 0) is 6.42 Å². The molecule has 0 radical (unpaired) electrons. The van der Waals surface area contributed by atoms with Crippen LogP contribution in [0.2, 0.25) is 5.02 Å². The van der Waals surface area contributed by atoms with Crippen molar-refractivity contribution in [3.05, 3.63) is 11.3 Å². The summed E-state index contributed by atoms with van der Waals surface area (Å²) < 4.78 is 4.93. The van der Waals surface area contributed by atoms with Gasteiger partial charge in [0.05, 0.1) is 0 Å². The number of methoxy groups -OCH3 is 1. The van der Waals surface area contributed by atoms with E-state index in [9.17, 15) is 0 Å². The van der Waals surface area contributed by atoms with E-state index in [1.807, 2.05) is 0 Å². The molecule has 0 spiro atoms. The normalized spacial score (nSPS) is 10.4. The van der Waals surface area contributed by atoms with Crippen molar-refractivity contribution < 1.29 is 4.74 Å². The van der Waals surface area contributed by atoms with Crippen LogP contribution in [0.1, 0.15) is 6.42 Å². The molecule has 2 N–H and O–H groups in total. The van der Waals surface area contributed by atoms with Gasteiger partial charge >= 0.3 is 0 Å². The van der Waals surface area contributed by atoms with E-state index in [2.05, 4.69) is 9.97 Å². The summed E-state index contributed by atoms with van der Waals surface area (Å²) in [6.45, 7) is 0.741. The number of hydrogen-bond donors (Lipinski definition) is 1. The second-order valence-corrected chi connectivity index (χ2v) is 4.03. The van der Waals surface area contributed by atoms with Crippen molar-refractivity contribution in [2.45, 2.75) is 11.4 Å². The Morgan fingerprint density at radius 3 is 3.07 bits per heavy atom. The predicted octanol–water partition coefficient (Wildman–Crippen LogP) is 1.84. The zero-order chi connectivity index (χ0) is 10.4. The molecule has 0 unspecified atom stereocenters. The maximum Gasteiger partial charge on any atom is 0.146 e. The summed E-state index contributed by atoms with van der Waals surface area (Å²) in [7, 11) is 1.68. The largest absolute Gasteiger partial charge is 0.385 e. The highest BCUT2D eigenvalue weighted by Crippen LogP contribution is 2.27. The number of halogens is 1. The Labute approximate surface area is 92.2 Å². The first-order valence-electron chi connectivity index (χ1n) is 4.13. The van der Waals surface area contributed by atoms with Crippen molar-refractivity contribution in [1.29, 1.82) is 0 Å². The molecule has 1 aromatic rings. The minimum atomic E-state index is 0.330. The molecule has 0 aliphatic rings. The molecule has 0 fully saturated rings. The minimum Gasteiger partial charge on any atom is -0.385 e. The van der Waals surface area contributed by atoms with Gasteiger partial charge in [0.2, 0.25) is 0 Å². The quantitative estimate of drug-likeness (QED) is 0.478. The van der Waals surface area contributed by atoms with Gasteiger partial charge in [-0.15, -0.1) is 11.8 Å². The van der Waals surface area contributed by atoms with Crippen LogP contribution in [0, 0.1) is 0 Å².